The summed E-state index contributed by atoms with van der Waals surface area (Å²) >= 11 is 0. The number of ether oxygens (including phenoxy) is 3. The number of amides is 3. The summed E-state index contributed by atoms with van der Waals surface area (Å²) in [6.07, 6.45) is 0. The molecule has 4 aromatic rings. The second-order valence-electron chi connectivity index (χ2n) is 13.7. The number of carbonyl (C=O) groups is 3. The molecule has 0 spiro atoms. The lowest BCUT2D eigenvalue weighted by atomic mass is 9.87. The summed E-state index contributed by atoms with van der Waals surface area (Å²) in [7, 11) is 0. The highest BCUT2D eigenvalue weighted by Gasteiger charge is 2.28. The van der Waals surface area contributed by atoms with Gasteiger partial charge in [-0.2, -0.15) is 0 Å². The molecule has 13 heteroatoms. The third-order valence-electron chi connectivity index (χ3n) is 9.92. The van der Waals surface area contributed by atoms with E-state index in [-0.39, 0.29) is 36.9 Å². The van der Waals surface area contributed by atoms with Crippen molar-refractivity contribution in [3.8, 4) is 17.2 Å². The van der Waals surface area contributed by atoms with Crippen LogP contribution in [0.25, 0.3) is 0 Å². The molecule has 12 aliphatic rings. The second-order valence-corrected chi connectivity index (χ2v) is 13.7. The van der Waals surface area contributed by atoms with E-state index in [1.165, 1.54) is 0 Å². The highest BCUT2D eigenvalue weighted by molar-refractivity contribution is 6.09. The molecular formula is C42H51N7O6. The van der Waals surface area contributed by atoms with Crippen LogP contribution in [0.2, 0.25) is 0 Å². The molecule has 6 N–H and O–H groups in total. The van der Waals surface area contributed by atoms with Crippen molar-refractivity contribution in [2.45, 2.75) is 40.4 Å². The van der Waals surface area contributed by atoms with E-state index in [1.807, 2.05) is 72.8 Å². The molecule has 12 aliphatic heterocycles. The Labute approximate surface area is 322 Å². The van der Waals surface area contributed by atoms with Crippen molar-refractivity contribution < 1.29 is 28.6 Å². The van der Waals surface area contributed by atoms with Gasteiger partial charge in [0.2, 0.25) is 0 Å². The predicted molar refractivity (Wildman–Crippen MR) is 210 cm³/mol. The molecule has 16 rings (SSSR count). The van der Waals surface area contributed by atoms with Gasteiger partial charge >= 0.3 is 0 Å². The van der Waals surface area contributed by atoms with Crippen molar-refractivity contribution in [1.82, 2.24) is 36.8 Å². The maximum atomic E-state index is 13.8. The molecule has 0 unspecified atom stereocenters. The van der Waals surface area contributed by atoms with Crippen LogP contribution in [0.3, 0.4) is 0 Å². The first kappa shape index (κ1) is 39.2. The zero-order valence-corrected chi connectivity index (χ0v) is 31.8. The van der Waals surface area contributed by atoms with Gasteiger partial charge in [0.05, 0.1) is 0 Å². The Morgan fingerprint density at radius 2 is 0.709 bits per heavy atom. The third kappa shape index (κ3) is 10.6. The van der Waals surface area contributed by atoms with Gasteiger partial charge in [0.25, 0.3) is 17.7 Å². The van der Waals surface area contributed by atoms with Crippen molar-refractivity contribution in [2.75, 3.05) is 59.5 Å². The Bertz CT molecular complexity index is 1690. The van der Waals surface area contributed by atoms with E-state index >= 15 is 0 Å². The van der Waals surface area contributed by atoms with E-state index in [9.17, 15) is 14.4 Å². The van der Waals surface area contributed by atoms with Crippen LogP contribution in [-0.2, 0) is 19.6 Å². The molecular weight excluding hydrogens is 699 g/mol. The fraction of sp³-hybridized carbons (Fsp3) is 0.357. The van der Waals surface area contributed by atoms with Crippen molar-refractivity contribution in [3.63, 3.8) is 0 Å². The molecule has 12 heterocycles. The van der Waals surface area contributed by atoms with Crippen molar-refractivity contribution >= 4 is 17.7 Å². The lowest BCUT2D eigenvalue weighted by molar-refractivity contribution is 0.0917. The number of nitrogens with zero attached hydrogens (tertiary/aromatic N) is 1. The zero-order valence-electron chi connectivity index (χ0n) is 31.8. The van der Waals surface area contributed by atoms with Crippen LogP contribution in [0.15, 0.2) is 72.8 Å². The van der Waals surface area contributed by atoms with Crippen molar-refractivity contribution in [2.24, 2.45) is 0 Å². The van der Waals surface area contributed by atoms with E-state index in [0.717, 1.165) is 56.0 Å². The Balaban J connectivity index is 1.33. The van der Waals surface area contributed by atoms with Gasteiger partial charge in [0.15, 0.2) is 20.2 Å². The van der Waals surface area contributed by atoms with Gasteiger partial charge in [-0.1, -0.05) is 36.4 Å². The smallest absolute Gasteiger partial charge is 0.254 e. The van der Waals surface area contributed by atoms with Gasteiger partial charge < -0.3 is 46.1 Å². The average molecular weight is 750 g/mol. The van der Waals surface area contributed by atoms with Crippen LogP contribution in [-0.4, -0.2) is 82.1 Å². The van der Waals surface area contributed by atoms with Gasteiger partial charge in [0, 0.05) is 75.6 Å². The fourth-order valence-corrected chi connectivity index (χ4v) is 6.92. The minimum absolute atomic E-state index is 0.120. The van der Waals surface area contributed by atoms with E-state index in [0.29, 0.717) is 53.6 Å². The molecule has 13 nitrogen and oxygen atoms in total. The fourth-order valence-electron chi connectivity index (χ4n) is 6.92. The predicted octanol–water partition coefficient (Wildman–Crippen LogP) is 3.51. The summed E-state index contributed by atoms with van der Waals surface area (Å²) in [5.41, 5.74) is 5.25. The first-order chi connectivity index (χ1) is 26.8. The normalized spacial score (nSPS) is 17.2. The standard InChI is InChI=1S/C42H51N7O6/c1-28-37-29(2)39-30(3)38(28)41(51)47-26-54-35-12-6-32(7-13-35)23-44-17-20-49(19-16-43-22-31-4-10-34(11-5-31)53-25-46-40(37)50)21-18-45-24-33-8-14-36(15-9-33)55-27-48-42(39)52/h4-15,43-45H,16-27H2,1-3H3,(H,46,50)(H,47,51)(H,48,52). The number of rotatable bonds is 0. The molecule has 0 saturated carbocycles. The van der Waals surface area contributed by atoms with Crippen LogP contribution >= 0.6 is 0 Å². The molecule has 290 valence electrons. The maximum absolute atomic E-state index is 13.8. The van der Waals surface area contributed by atoms with Crippen molar-refractivity contribution in [3.05, 3.63) is 123 Å². The zero-order chi connectivity index (χ0) is 38.6. The molecule has 10 bridgehead atoms. The van der Waals surface area contributed by atoms with E-state index < -0.39 is 17.7 Å². The molecule has 0 atom stereocenters. The molecule has 0 aliphatic carbocycles. The third-order valence-corrected chi connectivity index (χ3v) is 9.92. The Morgan fingerprint density at radius 1 is 0.436 bits per heavy atom. The number of nitrogens with one attached hydrogen (secondary N) is 6. The van der Waals surface area contributed by atoms with E-state index in [4.69, 9.17) is 14.2 Å². The van der Waals surface area contributed by atoms with Gasteiger partial charge in [-0.25, -0.2) is 0 Å². The number of hydrogen-bond acceptors (Lipinski definition) is 10. The first-order valence-electron chi connectivity index (χ1n) is 18.7. The van der Waals surface area contributed by atoms with Crippen LogP contribution in [0, 0.1) is 20.8 Å². The molecule has 0 radical (unpaired) electrons. The summed E-state index contributed by atoms with van der Waals surface area (Å²) in [6.45, 7) is 12.0. The average Bonchev–Trinajstić information content (AvgIpc) is 3.17. The van der Waals surface area contributed by atoms with Crippen LogP contribution in [0.1, 0.15) is 64.5 Å². The lowest BCUT2D eigenvalue weighted by Crippen LogP contribution is -2.40. The largest absolute Gasteiger partial charge is 0.473 e. The summed E-state index contributed by atoms with van der Waals surface area (Å²) in [4.78, 5) is 43.9. The highest BCUT2D eigenvalue weighted by atomic mass is 16.5. The SMILES string of the molecule is Cc1c2c(C)c3c(C)c1C(=O)NCOc1ccc(cc1)CNCCN(CCNCc1ccc(cc1)OCNC2=O)CCNCc1ccc(cc1)OCNC3=O. The maximum Gasteiger partial charge on any atom is 0.254 e. The molecule has 0 aromatic heterocycles. The van der Waals surface area contributed by atoms with Crippen molar-refractivity contribution in [1.29, 1.82) is 0 Å². The summed E-state index contributed by atoms with van der Waals surface area (Å²) in [6, 6.07) is 23.2. The quantitative estimate of drug-likeness (QED) is 0.158. The summed E-state index contributed by atoms with van der Waals surface area (Å²) in [5.74, 6) is 0.344. The van der Waals surface area contributed by atoms with Crippen LogP contribution < -0.4 is 46.1 Å². The molecule has 4 aromatic carbocycles. The minimum Gasteiger partial charge on any atom is -0.473 e. The number of hydrogen-bond donors (Lipinski definition) is 6. The van der Waals surface area contributed by atoms with Crippen LogP contribution in [0.5, 0.6) is 17.2 Å². The number of benzene rings is 4. The lowest BCUT2D eigenvalue weighted by Gasteiger charge is -2.23. The van der Waals surface area contributed by atoms with Gasteiger partial charge in [-0.3, -0.25) is 19.3 Å². The number of carbonyl (C=O) groups excluding carboxylic acids is 3. The molecule has 3 amide bonds. The highest BCUT2D eigenvalue weighted by Crippen LogP contribution is 2.28. The van der Waals surface area contributed by atoms with Crippen LogP contribution in [0.4, 0.5) is 0 Å². The van der Waals surface area contributed by atoms with Gasteiger partial charge in [0.1, 0.15) is 17.2 Å². The molecule has 0 saturated heterocycles. The Morgan fingerprint density at radius 3 is 0.982 bits per heavy atom. The minimum atomic E-state index is -0.481. The van der Waals surface area contributed by atoms with E-state index in [1.54, 1.807) is 20.8 Å². The van der Waals surface area contributed by atoms with Gasteiger partial charge in [-0.05, 0) is 90.6 Å². The molecule has 0 fully saturated rings. The van der Waals surface area contributed by atoms with E-state index in [2.05, 4.69) is 36.8 Å². The first-order valence-corrected chi connectivity index (χ1v) is 18.7. The Kier molecular flexibility index (Phi) is 13.7. The second kappa shape index (κ2) is 19.2. The monoisotopic (exact) mass is 749 g/mol. The summed E-state index contributed by atoms with van der Waals surface area (Å²) in [5, 5.41) is 19.2. The summed E-state index contributed by atoms with van der Waals surface area (Å²) < 4.78 is 17.6. The van der Waals surface area contributed by atoms with Gasteiger partial charge in [-0.15, -0.1) is 0 Å². The molecule has 55 heavy (non-hydrogen) atoms. The Hall–Kier alpha value is -5.47. The topological polar surface area (TPSA) is 154 Å².